The van der Waals surface area contributed by atoms with E-state index in [-0.39, 0.29) is 35.3 Å². The van der Waals surface area contributed by atoms with Gasteiger partial charge in [-0.25, -0.2) is 9.97 Å². The van der Waals surface area contributed by atoms with E-state index in [4.69, 9.17) is 12.2 Å². The van der Waals surface area contributed by atoms with Gasteiger partial charge < -0.3 is 15.7 Å². The molecule has 0 atom stereocenters. The first-order chi connectivity index (χ1) is 14.1. The number of anilines is 1. The summed E-state index contributed by atoms with van der Waals surface area (Å²) in [6.45, 7) is 3.27. The molecule has 1 aromatic carbocycles. The van der Waals surface area contributed by atoms with Gasteiger partial charge >= 0.3 is 29.6 Å². The second kappa shape index (κ2) is 9.94. The van der Waals surface area contributed by atoms with E-state index >= 15 is 0 Å². The minimum Gasteiger partial charge on any atom is -0.872 e. The third kappa shape index (κ3) is 5.31. The zero-order valence-corrected chi connectivity index (χ0v) is 19.5. The first-order valence-electron chi connectivity index (χ1n) is 9.08. The fraction of sp³-hybridized carbons (Fsp3) is 0.150. The number of aromatic nitrogens is 5. The van der Waals surface area contributed by atoms with Crippen molar-refractivity contribution in [3.05, 3.63) is 60.6 Å². The molecule has 3 aromatic heterocycles. The van der Waals surface area contributed by atoms with Gasteiger partial charge in [0.15, 0.2) is 10.8 Å². The van der Waals surface area contributed by atoms with Gasteiger partial charge in [0.2, 0.25) is 0 Å². The van der Waals surface area contributed by atoms with Crippen LogP contribution < -0.4 is 45.3 Å². The van der Waals surface area contributed by atoms with E-state index in [2.05, 4.69) is 30.7 Å². The van der Waals surface area contributed by atoms with Crippen LogP contribution in [0.15, 0.2) is 55.0 Å². The zero-order valence-electron chi connectivity index (χ0n) is 16.7. The van der Waals surface area contributed by atoms with E-state index in [1.807, 2.05) is 25.3 Å². The Balaban J connectivity index is 0.00000256. The van der Waals surface area contributed by atoms with Crippen LogP contribution in [0.5, 0.6) is 5.75 Å². The van der Waals surface area contributed by atoms with E-state index in [0.29, 0.717) is 34.3 Å². The summed E-state index contributed by atoms with van der Waals surface area (Å²) in [6, 6.07) is 10.4. The largest absolute Gasteiger partial charge is 1.00 e. The predicted octanol–water partition coefficient (Wildman–Crippen LogP) is -0.679. The molecule has 0 spiro atoms. The van der Waals surface area contributed by atoms with Crippen LogP contribution in [0.1, 0.15) is 12.5 Å². The number of hydrogen-bond acceptors (Lipinski definition) is 6. The molecule has 0 unspecified atom stereocenters. The van der Waals surface area contributed by atoms with Crippen molar-refractivity contribution in [3.63, 3.8) is 0 Å². The Morgan fingerprint density at radius 3 is 2.67 bits per heavy atom. The minimum absolute atomic E-state index is 0. The molecular weight excluding hydrogens is 409 g/mol. The minimum atomic E-state index is -0.00561. The Morgan fingerprint density at radius 2 is 1.90 bits per heavy atom. The average Bonchev–Trinajstić information content (AvgIpc) is 3.18. The van der Waals surface area contributed by atoms with Gasteiger partial charge in [-0.05, 0) is 36.8 Å². The quantitative estimate of drug-likeness (QED) is 0.319. The standard InChI is InChI=1S/C20H19N7OS.Na/c1-2-21-20(29)26-18-8-7-16-19(25-18)24-17(10-22-16)14-9-23-27(12-14)11-13-3-5-15(28)6-4-13;/h3-10,12,28H,2,11H2,1H3,(H2,21,24,25,26,29);/q;+1/p-1. The molecule has 146 valence electrons. The van der Waals surface area contributed by atoms with E-state index in [0.717, 1.165) is 17.7 Å². The first-order valence-corrected chi connectivity index (χ1v) is 9.49. The molecular formula is C20H18N7NaOS. The molecule has 30 heavy (non-hydrogen) atoms. The van der Waals surface area contributed by atoms with Crippen LogP contribution in [0.25, 0.3) is 22.4 Å². The summed E-state index contributed by atoms with van der Waals surface area (Å²) in [5, 5.41) is 22.2. The van der Waals surface area contributed by atoms with Gasteiger partial charge in [0.25, 0.3) is 0 Å². The van der Waals surface area contributed by atoms with Crippen LogP contribution in [0.3, 0.4) is 0 Å². The van der Waals surface area contributed by atoms with Crippen LogP contribution >= 0.6 is 12.2 Å². The maximum Gasteiger partial charge on any atom is 1.00 e. The van der Waals surface area contributed by atoms with Crippen LogP contribution in [0, 0.1) is 0 Å². The topological polar surface area (TPSA) is 104 Å². The number of benzene rings is 1. The molecule has 0 radical (unpaired) electrons. The van der Waals surface area contributed by atoms with Crippen LogP contribution in [0.4, 0.5) is 5.82 Å². The van der Waals surface area contributed by atoms with Crippen molar-refractivity contribution in [2.75, 3.05) is 11.9 Å². The Bertz CT molecular complexity index is 1160. The third-order valence-electron chi connectivity index (χ3n) is 4.18. The molecule has 4 aromatic rings. The van der Waals surface area contributed by atoms with Crippen molar-refractivity contribution in [2.24, 2.45) is 0 Å². The zero-order chi connectivity index (χ0) is 20.2. The number of fused-ring (bicyclic) bond motifs is 1. The molecule has 0 amide bonds. The predicted molar refractivity (Wildman–Crippen MR) is 113 cm³/mol. The van der Waals surface area contributed by atoms with Gasteiger partial charge in [-0.3, -0.25) is 9.67 Å². The number of rotatable bonds is 5. The fourth-order valence-electron chi connectivity index (χ4n) is 2.79. The van der Waals surface area contributed by atoms with Crippen molar-refractivity contribution in [2.45, 2.75) is 13.5 Å². The molecule has 0 aliphatic carbocycles. The molecule has 0 bridgehead atoms. The van der Waals surface area contributed by atoms with Gasteiger partial charge in [-0.1, -0.05) is 24.3 Å². The SMILES string of the molecule is CCNC(=S)Nc1ccc2ncc(-c3cnn(Cc4ccc([O-])cc4)c3)nc2n1.[Na+]. The molecule has 0 saturated carbocycles. The fourth-order valence-corrected chi connectivity index (χ4v) is 3.04. The van der Waals surface area contributed by atoms with E-state index in [1.165, 1.54) is 0 Å². The monoisotopic (exact) mass is 427 g/mol. The third-order valence-corrected chi connectivity index (χ3v) is 4.43. The molecule has 0 fully saturated rings. The number of nitrogens with one attached hydrogen (secondary N) is 2. The number of thiocarbonyl (C=S) groups is 1. The van der Waals surface area contributed by atoms with Crippen molar-refractivity contribution in [3.8, 4) is 17.0 Å². The number of nitrogens with zero attached hydrogens (tertiary/aromatic N) is 5. The van der Waals surface area contributed by atoms with Crippen LogP contribution in [-0.2, 0) is 6.54 Å². The number of pyridine rings is 1. The number of hydrogen-bond donors (Lipinski definition) is 2. The Labute approximate surface area is 201 Å². The smallest absolute Gasteiger partial charge is 0.872 e. The van der Waals surface area contributed by atoms with Gasteiger partial charge in [0, 0.05) is 18.3 Å². The van der Waals surface area contributed by atoms with Gasteiger partial charge in [-0.15, -0.1) is 5.75 Å². The van der Waals surface area contributed by atoms with E-state index < -0.39 is 0 Å². The van der Waals surface area contributed by atoms with Crippen molar-refractivity contribution >= 4 is 34.3 Å². The average molecular weight is 427 g/mol. The summed E-state index contributed by atoms with van der Waals surface area (Å²) in [5.41, 5.74) is 3.72. The molecule has 0 aliphatic heterocycles. The second-order valence-electron chi connectivity index (χ2n) is 6.35. The Kier molecular flexibility index (Phi) is 7.33. The van der Waals surface area contributed by atoms with Gasteiger partial charge in [0.05, 0.1) is 24.6 Å². The Hall–Kier alpha value is -2.59. The normalized spacial score (nSPS) is 10.4. The molecule has 4 rings (SSSR count). The molecule has 2 N–H and O–H groups in total. The Morgan fingerprint density at radius 1 is 1.10 bits per heavy atom. The van der Waals surface area contributed by atoms with Crippen molar-refractivity contribution in [1.29, 1.82) is 0 Å². The summed E-state index contributed by atoms with van der Waals surface area (Å²) in [4.78, 5) is 13.6. The van der Waals surface area contributed by atoms with E-state index in [1.54, 1.807) is 41.3 Å². The van der Waals surface area contributed by atoms with Crippen molar-refractivity contribution < 1.29 is 34.7 Å². The van der Waals surface area contributed by atoms with E-state index in [9.17, 15) is 5.11 Å². The van der Waals surface area contributed by atoms with Gasteiger partial charge in [-0.2, -0.15) is 5.10 Å². The van der Waals surface area contributed by atoms with Crippen LogP contribution in [-0.4, -0.2) is 36.4 Å². The molecule has 0 saturated heterocycles. The first kappa shape index (κ1) is 22.1. The summed E-state index contributed by atoms with van der Waals surface area (Å²) < 4.78 is 1.79. The second-order valence-corrected chi connectivity index (χ2v) is 6.76. The molecule has 10 heteroatoms. The van der Waals surface area contributed by atoms with Gasteiger partial charge in [0.1, 0.15) is 11.3 Å². The van der Waals surface area contributed by atoms with Crippen molar-refractivity contribution in [1.82, 2.24) is 30.0 Å². The molecule has 8 nitrogen and oxygen atoms in total. The summed E-state index contributed by atoms with van der Waals surface area (Å²) in [6.07, 6.45) is 5.33. The summed E-state index contributed by atoms with van der Waals surface area (Å²) in [5.74, 6) is 0.598. The summed E-state index contributed by atoms with van der Waals surface area (Å²) in [7, 11) is 0. The molecule has 0 aliphatic rings. The molecule has 3 heterocycles. The maximum atomic E-state index is 11.2. The van der Waals surface area contributed by atoms with Crippen LogP contribution in [0.2, 0.25) is 0 Å². The summed E-state index contributed by atoms with van der Waals surface area (Å²) >= 11 is 5.20. The maximum absolute atomic E-state index is 11.2.